The van der Waals surface area contributed by atoms with Crippen LogP contribution < -0.4 is 39.2 Å². The largest absolute Gasteiger partial charge is 0.497 e. The van der Waals surface area contributed by atoms with Crippen LogP contribution in [-0.4, -0.2) is 123 Å². The number of rotatable bonds is 24. The van der Waals surface area contributed by atoms with E-state index in [0.717, 1.165) is 46.3 Å². The Morgan fingerprint density at radius 1 is 0.533 bits per heavy atom. The number of hydrogen-bond donors (Lipinski definition) is 1. The Morgan fingerprint density at radius 3 is 1.35 bits per heavy atom. The molecular weight excluding hydrogens is 987 g/mol. The highest BCUT2D eigenvalue weighted by Gasteiger charge is 2.45. The number of nitrogens with zero attached hydrogens (tertiary/aromatic N) is 4. The molecule has 0 saturated heterocycles. The minimum absolute atomic E-state index is 0.0190. The molecule has 18 heteroatoms. The second-order valence-corrected chi connectivity index (χ2v) is 33.1. The molecule has 16 nitrogen and oxygen atoms in total. The van der Waals surface area contributed by atoms with Gasteiger partial charge >= 0.3 is 0 Å². The summed E-state index contributed by atoms with van der Waals surface area (Å²) in [5, 5.41) is 0. The quantitative estimate of drug-likeness (QED) is 0.0521. The molecule has 2 atom stereocenters. The number of anilines is 2. The molecule has 0 spiro atoms. The summed E-state index contributed by atoms with van der Waals surface area (Å²) in [4.78, 5) is 64.3. The monoisotopic (exact) mass is 1060 g/mol. The summed E-state index contributed by atoms with van der Waals surface area (Å²) in [6.45, 7) is 15.6. The third-order valence-corrected chi connectivity index (χ3v) is 17.4. The molecule has 0 aromatic heterocycles. The maximum Gasteiger partial charge on any atom is 0.260 e. The van der Waals surface area contributed by atoms with E-state index >= 15 is 0 Å². The summed E-state index contributed by atoms with van der Waals surface area (Å²) in [6.07, 6.45) is 6.28. The molecule has 2 N–H and O–H groups in total. The maximum absolute atomic E-state index is 14.6. The fourth-order valence-electron chi connectivity index (χ4n) is 9.48. The first kappa shape index (κ1) is 54.8. The molecule has 0 aliphatic carbocycles. The number of benzene rings is 4. The van der Waals surface area contributed by atoms with Gasteiger partial charge in [0.1, 0.15) is 31.3 Å². The lowest BCUT2D eigenvalue weighted by molar-refractivity contribution is -0.123. The number of methoxy groups -OCH3 is 3. The van der Waals surface area contributed by atoms with Gasteiger partial charge in [-0.1, -0.05) is 75.7 Å². The van der Waals surface area contributed by atoms with Crippen LogP contribution >= 0.6 is 0 Å². The van der Waals surface area contributed by atoms with Crippen LogP contribution in [0.1, 0.15) is 69.5 Å². The number of hydrogen-bond acceptors (Lipinski definition) is 12. The van der Waals surface area contributed by atoms with Gasteiger partial charge in [-0.05, 0) is 83.5 Å². The number of carbonyl (C=O) groups is 4. The summed E-state index contributed by atoms with van der Waals surface area (Å²) in [5.74, 6) is 1.14. The fourth-order valence-corrected chi connectivity index (χ4v) is 11.0. The molecule has 4 aliphatic rings. The van der Waals surface area contributed by atoms with E-state index in [4.69, 9.17) is 38.9 Å². The van der Waals surface area contributed by atoms with Crippen molar-refractivity contribution in [2.45, 2.75) is 102 Å². The van der Waals surface area contributed by atoms with Crippen molar-refractivity contribution in [1.29, 1.82) is 0 Å². The third-order valence-electron chi connectivity index (χ3n) is 14.0. The Labute approximate surface area is 443 Å². The van der Waals surface area contributed by atoms with Crippen molar-refractivity contribution in [2.75, 3.05) is 71.0 Å². The van der Waals surface area contributed by atoms with E-state index in [0.29, 0.717) is 110 Å². The van der Waals surface area contributed by atoms with Gasteiger partial charge in [0.05, 0.1) is 57.0 Å². The molecule has 4 aromatic carbocycles. The van der Waals surface area contributed by atoms with Gasteiger partial charge in [-0.15, -0.1) is 0 Å². The van der Waals surface area contributed by atoms with Crippen molar-refractivity contribution in [2.24, 2.45) is 5.73 Å². The number of unbranched alkanes of at least 4 members (excludes halogenated alkanes) is 2. The van der Waals surface area contributed by atoms with Gasteiger partial charge < -0.3 is 48.7 Å². The predicted octanol–water partition coefficient (Wildman–Crippen LogP) is 9.63. The Bertz CT molecular complexity index is 2620. The molecule has 0 saturated carbocycles. The first-order valence-electron chi connectivity index (χ1n) is 25.9. The second kappa shape index (κ2) is 23.6. The Hall–Kier alpha value is -6.45. The molecule has 4 heterocycles. The van der Waals surface area contributed by atoms with Crippen molar-refractivity contribution in [3.8, 4) is 28.7 Å². The number of fused-ring (bicyclic) bond motifs is 4. The first-order chi connectivity index (χ1) is 35.9. The van der Waals surface area contributed by atoms with Crippen molar-refractivity contribution in [3.05, 3.63) is 113 Å². The number of amides is 4. The molecule has 0 radical (unpaired) electrons. The average Bonchev–Trinajstić information content (AvgIpc) is 4.03. The van der Waals surface area contributed by atoms with Crippen molar-refractivity contribution >= 4 is 62.3 Å². The Morgan fingerprint density at radius 2 is 0.960 bits per heavy atom. The first-order valence-corrected chi connectivity index (χ1v) is 33.3. The molecule has 1 unspecified atom stereocenters. The van der Waals surface area contributed by atoms with Crippen LogP contribution in [-0.2, 0) is 25.6 Å². The lowest BCUT2D eigenvalue weighted by Crippen LogP contribution is -2.45. The summed E-state index contributed by atoms with van der Waals surface area (Å²) in [7, 11) is 1.81. The smallest absolute Gasteiger partial charge is 0.260 e. The van der Waals surface area contributed by atoms with Crippen LogP contribution in [0.15, 0.2) is 85.2 Å². The predicted molar refractivity (Wildman–Crippen MR) is 296 cm³/mol. The zero-order chi connectivity index (χ0) is 53.6. The van der Waals surface area contributed by atoms with Crippen LogP contribution in [0.4, 0.5) is 11.4 Å². The molecule has 4 aromatic rings. The van der Waals surface area contributed by atoms with E-state index in [1.54, 1.807) is 58.5 Å². The van der Waals surface area contributed by atoms with Gasteiger partial charge in [0, 0.05) is 73.3 Å². The lowest BCUT2D eigenvalue weighted by atomic mass is 10.0. The molecule has 0 fully saturated rings. The average molecular weight is 1060 g/mol. The zero-order valence-electron chi connectivity index (χ0n) is 45.0. The molecule has 4 aliphatic heterocycles. The van der Waals surface area contributed by atoms with Gasteiger partial charge in [-0.2, -0.15) is 0 Å². The van der Waals surface area contributed by atoms with Crippen LogP contribution in [0.3, 0.4) is 0 Å². The van der Waals surface area contributed by atoms with Crippen molar-refractivity contribution in [1.82, 2.24) is 9.80 Å². The van der Waals surface area contributed by atoms with Crippen LogP contribution in [0, 0.1) is 0 Å². The maximum atomic E-state index is 14.6. The lowest BCUT2D eigenvalue weighted by Gasteiger charge is -2.27. The summed E-state index contributed by atoms with van der Waals surface area (Å²) in [6, 6.07) is 22.5. The molecule has 400 valence electrons. The van der Waals surface area contributed by atoms with Gasteiger partial charge in [-0.25, -0.2) is 0 Å². The Kier molecular flexibility index (Phi) is 17.3. The third kappa shape index (κ3) is 12.6. The highest BCUT2D eigenvalue weighted by atomic mass is 28.3. The van der Waals surface area contributed by atoms with Crippen molar-refractivity contribution < 1.29 is 52.3 Å². The standard InChI is InChI=1S/C57H73N5O11Si2/c1-67-43-19-17-40(18-20-43)42-28-49-57(66)62(37-71-24-26-75(7,8)9)47-32-53(51(69-3)30-45(47)55(64)60(49)35-42)73-22-12-10-11-21-72-52-31-46-44(29-50(52)68-2)54(63)59-34-41(39-15-13-38(33-58)14-16-39)27-48(59)56(65)61(46)36-70-23-25-74(4,5)6/h13-20,29-32,34-35,48-49H,10-12,21-28,33,36-37,58H2,1-9H3/t48?,49-/m0/s1. The van der Waals surface area contributed by atoms with Crippen LogP contribution in [0.5, 0.6) is 28.7 Å². The molecule has 4 amide bonds. The minimum atomic E-state index is -1.43. The van der Waals surface area contributed by atoms with E-state index in [2.05, 4.69) is 39.3 Å². The molecule has 0 bridgehead atoms. The van der Waals surface area contributed by atoms with Gasteiger partial charge in [-0.3, -0.25) is 29.0 Å². The SMILES string of the molecule is COc1ccc(C2=CN3C(=O)c4cc(OC)c(OCCCCCOc5cc6c(cc5OC)C(=O)N5C=C(c7ccc(CN)cc7)CC5C(=O)N6COCC[Si](C)(C)C)cc4N(COCC[Si](C)(C)C)C(=O)[C@@H]3C2)cc1. The van der Waals surface area contributed by atoms with Crippen LogP contribution in [0.25, 0.3) is 11.1 Å². The normalized spacial score (nSPS) is 17.5. The summed E-state index contributed by atoms with van der Waals surface area (Å²) >= 11 is 0. The number of nitrogens with two attached hydrogens (primary N) is 1. The summed E-state index contributed by atoms with van der Waals surface area (Å²) < 4.78 is 42.0. The van der Waals surface area contributed by atoms with Crippen LogP contribution in [0.2, 0.25) is 51.4 Å². The Balaban J connectivity index is 0.951. The van der Waals surface area contributed by atoms with E-state index in [1.165, 1.54) is 19.1 Å². The molecule has 75 heavy (non-hydrogen) atoms. The van der Waals surface area contributed by atoms with Gasteiger partial charge in [0.25, 0.3) is 23.6 Å². The molecular formula is C57H73N5O11Si2. The fraction of sp³-hybridized carbons (Fsp3) is 0.439. The summed E-state index contributed by atoms with van der Waals surface area (Å²) in [5.41, 5.74) is 11.9. The second-order valence-electron chi connectivity index (χ2n) is 21.8. The minimum Gasteiger partial charge on any atom is -0.497 e. The van der Waals surface area contributed by atoms with E-state index in [9.17, 15) is 19.2 Å². The van der Waals surface area contributed by atoms with Gasteiger partial charge in [0.2, 0.25) is 0 Å². The zero-order valence-corrected chi connectivity index (χ0v) is 47.0. The number of carbonyl (C=O) groups excluding carboxylic acids is 4. The highest BCUT2D eigenvalue weighted by molar-refractivity contribution is 6.76. The highest BCUT2D eigenvalue weighted by Crippen LogP contribution is 2.44. The van der Waals surface area contributed by atoms with E-state index in [-0.39, 0.29) is 37.1 Å². The molecule has 8 rings (SSSR count). The van der Waals surface area contributed by atoms with E-state index in [1.807, 2.05) is 48.5 Å². The topological polar surface area (TPSA) is 172 Å². The van der Waals surface area contributed by atoms with E-state index < -0.39 is 28.2 Å². The van der Waals surface area contributed by atoms with Crippen molar-refractivity contribution in [3.63, 3.8) is 0 Å². The van der Waals surface area contributed by atoms with Gasteiger partial charge in [0.15, 0.2) is 23.0 Å². The number of ether oxygens (including phenoxy) is 7.